The summed E-state index contributed by atoms with van der Waals surface area (Å²) in [4.78, 5) is 2.26. The molecule has 0 radical (unpaired) electrons. The van der Waals surface area contributed by atoms with Gasteiger partial charge in [-0.3, -0.25) is 0 Å². The van der Waals surface area contributed by atoms with Crippen molar-refractivity contribution in [2.75, 3.05) is 30.9 Å². The van der Waals surface area contributed by atoms with Crippen molar-refractivity contribution in [3.63, 3.8) is 0 Å². The van der Waals surface area contributed by atoms with E-state index >= 15 is 0 Å². The molecule has 19 heavy (non-hydrogen) atoms. The molecule has 1 aromatic heterocycles. The van der Waals surface area contributed by atoms with Crippen molar-refractivity contribution in [2.45, 2.75) is 46.3 Å². The number of rotatable bonds is 8. The summed E-state index contributed by atoms with van der Waals surface area (Å²) >= 11 is 1.39. The zero-order valence-electron chi connectivity index (χ0n) is 12.5. The van der Waals surface area contributed by atoms with Crippen molar-refractivity contribution in [3.8, 4) is 5.75 Å². The van der Waals surface area contributed by atoms with Gasteiger partial charge in [0.1, 0.15) is 0 Å². The average molecular weight is 287 g/mol. The van der Waals surface area contributed by atoms with Gasteiger partial charge < -0.3 is 20.1 Å². The lowest BCUT2D eigenvalue weighted by molar-refractivity contribution is 0.202. The largest absolute Gasteiger partial charge is 0.484 e. The van der Waals surface area contributed by atoms with Crippen molar-refractivity contribution < 1.29 is 9.47 Å². The lowest BCUT2D eigenvalue weighted by Gasteiger charge is -2.29. The Bertz CT molecular complexity index is 382. The van der Waals surface area contributed by atoms with Gasteiger partial charge in [0.15, 0.2) is 16.6 Å². The highest BCUT2D eigenvalue weighted by Gasteiger charge is 2.23. The normalized spacial score (nSPS) is 12.7. The van der Waals surface area contributed by atoms with E-state index < -0.39 is 0 Å². The Balaban J connectivity index is 3.00. The summed E-state index contributed by atoms with van der Waals surface area (Å²) in [5.41, 5.74) is 5.91. The second-order valence-corrected chi connectivity index (χ2v) is 5.56. The number of nitrogen functional groups attached to an aromatic ring is 1. The molecule has 0 fully saturated rings. The van der Waals surface area contributed by atoms with Gasteiger partial charge in [0.2, 0.25) is 0 Å². The minimum absolute atomic E-state index is 0.0821. The zero-order valence-corrected chi connectivity index (χ0v) is 13.3. The molecule has 110 valence electrons. The quantitative estimate of drug-likeness (QED) is 0.796. The molecule has 1 rings (SSSR count). The molecule has 1 atom stereocenters. The highest BCUT2D eigenvalue weighted by atomic mass is 32.1. The molecule has 0 saturated carbocycles. The molecule has 0 bridgehead atoms. The van der Waals surface area contributed by atoms with Gasteiger partial charge in [-0.15, -0.1) is 0 Å². The number of anilines is 2. The summed E-state index contributed by atoms with van der Waals surface area (Å²) in [5, 5.41) is 0.998. The van der Waals surface area contributed by atoms with Gasteiger partial charge in [-0.2, -0.15) is 4.37 Å². The van der Waals surface area contributed by atoms with Crippen LogP contribution in [0.2, 0.25) is 0 Å². The fourth-order valence-electron chi connectivity index (χ4n) is 1.75. The van der Waals surface area contributed by atoms with Crippen molar-refractivity contribution in [2.24, 2.45) is 0 Å². The third-order valence-electron chi connectivity index (χ3n) is 2.93. The summed E-state index contributed by atoms with van der Waals surface area (Å²) in [6.45, 7) is 9.81. The highest BCUT2D eigenvalue weighted by Crippen LogP contribution is 2.40. The average Bonchev–Trinajstić information content (AvgIpc) is 2.71. The van der Waals surface area contributed by atoms with E-state index in [9.17, 15) is 0 Å². The second-order valence-electron chi connectivity index (χ2n) is 4.81. The standard InChI is InChI=1S/C13H25N3O2S/c1-6-10(4)16(7-8-17-5)13-11(18-9(2)3)12(14)15-19-13/h9-10H,6-8H2,1-5H3,(H2,14,15). The van der Waals surface area contributed by atoms with Gasteiger partial charge in [-0.25, -0.2) is 0 Å². The predicted octanol–water partition coefficient (Wildman–Crippen LogP) is 2.76. The van der Waals surface area contributed by atoms with Crippen molar-refractivity contribution in [1.29, 1.82) is 0 Å². The molecule has 6 heteroatoms. The molecule has 1 aromatic rings. The molecule has 1 heterocycles. The molecule has 0 aromatic carbocycles. The summed E-state index contributed by atoms with van der Waals surface area (Å²) < 4.78 is 15.2. The molecule has 0 amide bonds. The Labute approximate surface area is 119 Å². The molecule has 2 N–H and O–H groups in total. The molecule has 0 saturated heterocycles. The van der Waals surface area contributed by atoms with Crippen LogP contribution in [0.25, 0.3) is 0 Å². The fourth-order valence-corrected chi connectivity index (χ4v) is 2.63. The van der Waals surface area contributed by atoms with E-state index in [1.165, 1.54) is 11.5 Å². The first-order valence-corrected chi connectivity index (χ1v) is 7.45. The van der Waals surface area contributed by atoms with Crippen LogP contribution in [-0.2, 0) is 4.74 Å². The maximum absolute atomic E-state index is 5.91. The van der Waals surface area contributed by atoms with Crippen LogP contribution in [0.1, 0.15) is 34.1 Å². The van der Waals surface area contributed by atoms with E-state index in [1.54, 1.807) is 7.11 Å². The first kappa shape index (κ1) is 16.0. The van der Waals surface area contributed by atoms with Crippen molar-refractivity contribution >= 4 is 22.4 Å². The van der Waals surface area contributed by atoms with Crippen LogP contribution < -0.4 is 15.4 Å². The third-order valence-corrected chi connectivity index (χ3v) is 3.81. The topological polar surface area (TPSA) is 60.6 Å². The summed E-state index contributed by atoms with van der Waals surface area (Å²) in [7, 11) is 1.71. The minimum atomic E-state index is 0.0821. The monoisotopic (exact) mass is 287 g/mol. The Kier molecular flexibility index (Phi) is 6.37. The molecule has 0 aliphatic carbocycles. The van der Waals surface area contributed by atoms with Crippen LogP contribution in [0.5, 0.6) is 5.75 Å². The molecular formula is C13H25N3O2S. The molecule has 1 unspecified atom stereocenters. The summed E-state index contributed by atoms with van der Waals surface area (Å²) in [5.74, 6) is 1.18. The van der Waals surface area contributed by atoms with Crippen LogP contribution >= 0.6 is 11.5 Å². The Morgan fingerprint density at radius 3 is 2.58 bits per heavy atom. The number of ether oxygens (including phenoxy) is 2. The minimum Gasteiger partial charge on any atom is -0.484 e. The van der Waals surface area contributed by atoms with Gasteiger partial charge in [-0.05, 0) is 38.7 Å². The van der Waals surface area contributed by atoms with Crippen LogP contribution in [0.15, 0.2) is 0 Å². The Morgan fingerprint density at radius 1 is 1.37 bits per heavy atom. The smallest absolute Gasteiger partial charge is 0.198 e. The highest BCUT2D eigenvalue weighted by molar-refractivity contribution is 7.11. The first-order valence-electron chi connectivity index (χ1n) is 6.68. The van der Waals surface area contributed by atoms with Crippen LogP contribution in [-0.4, -0.2) is 36.8 Å². The number of methoxy groups -OCH3 is 1. The zero-order chi connectivity index (χ0) is 14.4. The van der Waals surface area contributed by atoms with Crippen molar-refractivity contribution in [3.05, 3.63) is 0 Å². The van der Waals surface area contributed by atoms with Crippen LogP contribution in [0.4, 0.5) is 10.8 Å². The van der Waals surface area contributed by atoms with E-state index in [1.807, 2.05) is 13.8 Å². The van der Waals surface area contributed by atoms with Gasteiger partial charge in [0, 0.05) is 19.7 Å². The van der Waals surface area contributed by atoms with Gasteiger partial charge in [0.05, 0.1) is 12.7 Å². The number of hydrogen-bond donors (Lipinski definition) is 1. The summed E-state index contributed by atoms with van der Waals surface area (Å²) in [6, 6.07) is 0.393. The van der Waals surface area contributed by atoms with E-state index in [-0.39, 0.29) is 6.10 Å². The SMILES string of the molecule is CCC(C)N(CCOC)c1snc(N)c1OC(C)C. The number of nitrogens with zero attached hydrogens (tertiary/aromatic N) is 2. The van der Waals surface area contributed by atoms with Gasteiger partial charge >= 0.3 is 0 Å². The predicted molar refractivity (Wildman–Crippen MR) is 81.3 cm³/mol. The van der Waals surface area contributed by atoms with E-state index in [2.05, 4.69) is 23.1 Å². The summed E-state index contributed by atoms with van der Waals surface area (Å²) in [6.07, 6.45) is 1.13. The van der Waals surface area contributed by atoms with Crippen LogP contribution in [0, 0.1) is 0 Å². The Morgan fingerprint density at radius 2 is 2.05 bits per heavy atom. The van der Waals surface area contributed by atoms with Crippen molar-refractivity contribution in [1.82, 2.24) is 4.37 Å². The number of hydrogen-bond acceptors (Lipinski definition) is 6. The molecular weight excluding hydrogens is 262 g/mol. The Hall–Kier alpha value is -1.01. The third kappa shape index (κ3) is 4.24. The van der Waals surface area contributed by atoms with E-state index in [4.69, 9.17) is 15.2 Å². The lowest BCUT2D eigenvalue weighted by atomic mass is 10.2. The van der Waals surface area contributed by atoms with Gasteiger partial charge in [0.25, 0.3) is 0 Å². The molecule has 0 aliphatic heterocycles. The maximum atomic E-state index is 5.91. The molecule has 0 aliphatic rings. The van der Waals surface area contributed by atoms with E-state index in [0.29, 0.717) is 24.2 Å². The number of nitrogens with two attached hydrogens (primary N) is 1. The second kappa shape index (κ2) is 7.55. The van der Waals surface area contributed by atoms with E-state index in [0.717, 1.165) is 18.0 Å². The number of aromatic nitrogens is 1. The van der Waals surface area contributed by atoms with Crippen LogP contribution in [0.3, 0.4) is 0 Å². The molecule has 5 nitrogen and oxygen atoms in total. The van der Waals surface area contributed by atoms with Gasteiger partial charge in [-0.1, -0.05) is 6.92 Å². The fraction of sp³-hybridized carbons (Fsp3) is 0.769. The first-order chi connectivity index (χ1) is 9.01. The maximum Gasteiger partial charge on any atom is 0.198 e. The lowest BCUT2D eigenvalue weighted by Crippen LogP contribution is -2.35. The molecule has 0 spiro atoms.